The van der Waals surface area contributed by atoms with Crippen LogP contribution in [-0.4, -0.2) is 28.8 Å². The van der Waals surface area contributed by atoms with Gasteiger partial charge < -0.3 is 10.0 Å². The van der Waals surface area contributed by atoms with E-state index in [0.717, 1.165) is 21.9 Å². The van der Waals surface area contributed by atoms with Crippen LogP contribution in [0, 0.1) is 6.92 Å². The molecular formula is C16H15N3O3. The molecule has 1 heterocycles. The van der Waals surface area contributed by atoms with Crippen molar-refractivity contribution in [1.29, 1.82) is 0 Å². The molecule has 6 nitrogen and oxygen atoms in total. The molecule has 2 aromatic carbocycles. The molecule has 3 rings (SSSR count). The van der Waals surface area contributed by atoms with Gasteiger partial charge in [0.25, 0.3) is 5.91 Å². The number of para-hydroxylation sites is 1. The molecule has 0 bridgehead atoms. The SMILES string of the molecule is Cc1ccc(N2CN(NC(=O)O)C(=O)c3ccccc32)cc1. The van der Waals surface area contributed by atoms with Crippen molar-refractivity contribution in [2.45, 2.75) is 6.92 Å². The normalized spacial score (nSPS) is 13.8. The van der Waals surface area contributed by atoms with Gasteiger partial charge in [0.15, 0.2) is 0 Å². The van der Waals surface area contributed by atoms with Gasteiger partial charge >= 0.3 is 6.09 Å². The summed E-state index contributed by atoms with van der Waals surface area (Å²) in [6, 6.07) is 15.0. The fourth-order valence-electron chi connectivity index (χ4n) is 2.46. The van der Waals surface area contributed by atoms with Crippen LogP contribution in [0.3, 0.4) is 0 Å². The third kappa shape index (κ3) is 2.46. The van der Waals surface area contributed by atoms with Crippen molar-refractivity contribution in [1.82, 2.24) is 10.4 Å². The minimum absolute atomic E-state index is 0.116. The summed E-state index contributed by atoms with van der Waals surface area (Å²) in [5.74, 6) is -0.360. The Morgan fingerprint density at radius 3 is 2.50 bits per heavy atom. The molecule has 0 fully saturated rings. The number of amides is 2. The van der Waals surface area contributed by atoms with Crippen molar-refractivity contribution in [3.05, 3.63) is 59.7 Å². The summed E-state index contributed by atoms with van der Waals surface area (Å²) < 4.78 is 0. The summed E-state index contributed by atoms with van der Waals surface area (Å²) in [5.41, 5.74) is 5.39. The van der Waals surface area contributed by atoms with Gasteiger partial charge in [-0.3, -0.25) is 4.79 Å². The van der Waals surface area contributed by atoms with Crippen LogP contribution in [-0.2, 0) is 0 Å². The predicted octanol–water partition coefficient (Wildman–Crippen LogP) is 2.73. The standard InChI is InChI=1S/C16H15N3O3/c1-11-6-8-12(9-7-11)18-10-19(17-16(21)22)15(20)13-4-2-3-5-14(13)18/h2-9,17H,10H2,1H3,(H,21,22). The fraction of sp³-hybridized carbons (Fsp3) is 0.125. The monoisotopic (exact) mass is 297 g/mol. The summed E-state index contributed by atoms with van der Waals surface area (Å²) in [4.78, 5) is 25.1. The van der Waals surface area contributed by atoms with Crippen molar-refractivity contribution in [3.8, 4) is 0 Å². The molecule has 0 saturated carbocycles. The zero-order chi connectivity index (χ0) is 15.7. The van der Waals surface area contributed by atoms with E-state index in [4.69, 9.17) is 5.11 Å². The van der Waals surface area contributed by atoms with E-state index in [1.165, 1.54) is 0 Å². The van der Waals surface area contributed by atoms with Crippen molar-refractivity contribution in [2.75, 3.05) is 11.6 Å². The van der Waals surface area contributed by atoms with E-state index in [9.17, 15) is 9.59 Å². The van der Waals surface area contributed by atoms with E-state index in [0.29, 0.717) is 5.56 Å². The lowest BCUT2D eigenvalue weighted by Gasteiger charge is -2.37. The Balaban J connectivity index is 2.05. The Bertz CT molecular complexity index is 728. The first kappa shape index (κ1) is 13.9. The number of nitrogens with zero attached hydrogens (tertiary/aromatic N) is 2. The Morgan fingerprint density at radius 1 is 1.14 bits per heavy atom. The van der Waals surface area contributed by atoms with Gasteiger partial charge in [0.1, 0.15) is 6.67 Å². The van der Waals surface area contributed by atoms with Crippen LogP contribution < -0.4 is 10.3 Å². The molecule has 0 radical (unpaired) electrons. The molecule has 0 aliphatic carbocycles. The van der Waals surface area contributed by atoms with Crippen LogP contribution in [0.4, 0.5) is 16.2 Å². The molecule has 1 aliphatic rings. The minimum atomic E-state index is -1.27. The first-order valence-corrected chi connectivity index (χ1v) is 6.81. The largest absolute Gasteiger partial charge is 0.464 e. The van der Waals surface area contributed by atoms with Crippen molar-refractivity contribution < 1.29 is 14.7 Å². The maximum Gasteiger partial charge on any atom is 0.423 e. The van der Waals surface area contributed by atoms with Crippen molar-refractivity contribution >= 4 is 23.4 Å². The maximum absolute atomic E-state index is 12.4. The van der Waals surface area contributed by atoms with Crippen LogP contribution >= 0.6 is 0 Å². The molecule has 2 amide bonds. The van der Waals surface area contributed by atoms with E-state index in [2.05, 4.69) is 5.43 Å². The summed E-state index contributed by atoms with van der Waals surface area (Å²) in [7, 11) is 0. The molecule has 22 heavy (non-hydrogen) atoms. The molecule has 0 saturated heterocycles. The first-order chi connectivity index (χ1) is 10.6. The molecule has 2 aromatic rings. The van der Waals surface area contributed by atoms with Gasteiger partial charge in [0, 0.05) is 5.69 Å². The number of rotatable bonds is 2. The number of hydrazine groups is 1. The topological polar surface area (TPSA) is 72.9 Å². The molecule has 6 heteroatoms. The third-order valence-electron chi connectivity index (χ3n) is 3.53. The lowest BCUT2D eigenvalue weighted by Crippen LogP contribution is -2.53. The van der Waals surface area contributed by atoms with Crippen LogP contribution in [0.1, 0.15) is 15.9 Å². The van der Waals surface area contributed by atoms with Crippen molar-refractivity contribution in [2.24, 2.45) is 0 Å². The highest BCUT2D eigenvalue weighted by atomic mass is 16.4. The summed E-state index contributed by atoms with van der Waals surface area (Å²) in [6.45, 7) is 2.11. The number of fused-ring (bicyclic) bond motifs is 1. The molecule has 0 atom stereocenters. The van der Waals surface area contributed by atoms with Gasteiger partial charge in [0.2, 0.25) is 0 Å². The number of nitrogens with one attached hydrogen (secondary N) is 1. The predicted molar refractivity (Wildman–Crippen MR) is 82.0 cm³/mol. The van der Waals surface area contributed by atoms with Crippen LogP contribution in [0.5, 0.6) is 0 Å². The van der Waals surface area contributed by atoms with Gasteiger partial charge in [-0.25, -0.2) is 15.2 Å². The fourth-order valence-corrected chi connectivity index (χ4v) is 2.46. The summed E-state index contributed by atoms with van der Waals surface area (Å²) in [6.07, 6.45) is -1.27. The Kier molecular flexibility index (Phi) is 3.42. The number of benzene rings is 2. The van der Waals surface area contributed by atoms with E-state index in [-0.39, 0.29) is 12.6 Å². The zero-order valence-corrected chi connectivity index (χ0v) is 12.0. The summed E-state index contributed by atoms with van der Waals surface area (Å²) >= 11 is 0. The van der Waals surface area contributed by atoms with E-state index < -0.39 is 6.09 Å². The Morgan fingerprint density at radius 2 is 1.82 bits per heavy atom. The Labute approximate surface area is 127 Å². The van der Waals surface area contributed by atoms with Gasteiger partial charge in [-0.1, -0.05) is 29.8 Å². The van der Waals surface area contributed by atoms with Crippen LogP contribution in [0.25, 0.3) is 0 Å². The number of carbonyl (C=O) groups is 2. The van der Waals surface area contributed by atoms with Gasteiger partial charge in [0.05, 0.1) is 11.3 Å². The highest BCUT2D eigenvalue weighted by Crippen LogP contribution is 2.32. The molecule has 0 spiro atoms. The second kappa shape index (κ2) is 5.40. The number of carboxylic acid groups (broad SMARTS) is 1. The second-order valence-electron chi connectivity index (χ2n) is 5.07. The van der Waals surface area contributed by atoms with Crippen LogP contribution in [0.15, 0.2) is 48.5 Å². The minimum Gasteiger partial charge on any atom is -0.464 e. The lowest BCUT2D eigenvalue weighted by atomic mass is 10.1. The van der Waals surface area contributed by atoms with E-state index in [1.807, 2.05) is 48.2 Å². The highest BCUT2D eigenvalue weighted by molar-refractivity contribution is 6.03. The Hall–Kier alpha value is -3.02. The number of anilines is 2. The molecule has 0 aromatic heterocycles. The third-order valence-corrected chi connectivity index (χ3v) is 3.53. The number of carbonyl (C=O) groups excluding carboxylic acids is 1. The van der Waals surface area contributed by atoms with E-state index >= 15 is 0 Å². The smallest absolute Gasteiger partial charge is 0.423 e. The average molecular weight is 297 g/mol. The van der Waals surface area contributed by atoms with Crippen LogP contribution in [0.2, 0.25) is 0 Å². The number of hydrogen-bond acceptors (Lipinski definition) is 3. The molecule has 0 unspecified atom stereocenters. The molecule has 112 valence electrons. The van der Waals surface area contributed by atoms with Gasteiger partial charge in [-0.05, 0) is 31.2 Å². The quantitative estimate of drug-likeness (QED) is 0.894. The summed E-state index contributed by atoms with van der Waals surface area (Å²) in [5, 5.41) is 9.99. The van der Waals surface area contributed by atoms with Gasteiger partial charge in [-0.15, -0.1) is 0 Å². The van der Waals surface area contributed by atoms with Crippen molar-refractivity contribution in [3.63, 3.8) is 0 Å². The van der Waals surface area contributed by atoms with E-state index in [1.54, 1.807) is 12.1 Å². The first-order valence-electron chi connectivity index (χ1n) is 6.81. The molecule has 1 aliphatic heterocycles. The second-order valence-corrected chi connectivity index (χ2v) is 5.07. The average Bonchev–Trinajstić information content (AvgIpc) is 2.51. The molecule has 2 N–H and O–H groups in total. The number of aryl methyl sites for hydroxylation is 1. The maximum atomic E-state index is 12.4. The lowest BCUT2D eigenvalue weighted by molar-refractivity contribution is 0.0639. The number of hydrogen-bond donors (Lipinski definition) is 2. The highest BCUT2D eigenvalue weighted by Gasteiger charge is 2.30. The zero-order valence-electron chi connectivity index (χ0n) is 12.0. The van der Waals surface area contributed by atoms with Gasteiger partial charge in [-0.2, -0.15) is 0 Å². The molecular weight excluding hydrogens is 282 g/mol.